The van der Waals surface area contributed by atoms with E-state index in [0.29, 0.717) is 19.1 Å². The van der Waals surface area contributed by atoms with Crippen LogP contribution in [0.2, 0.25) is 0 Å². The highest BCUT2D eigenvalue weighted by atomic mass is 16.5. The van der Waals surface area contributed by atoms with Crippen LogP contribution in [0.1, 0.15) is 86.4 Å². The first-order chi connectivity index (χ1) is 31.5. The summed E-state index contributed by atoms with van der Waals surface area (Å²) < 4.78 is 11.7. The standard InChI is InChI=1S/C29H32N6O2.C21H24N6O/c1-18(2)29-31-14-21(15-32-29)26-13-20-5-4-6-23(24(20)16-30-26)28-25-17-34(19(3)36)10-7-27(25)35(33-28)22-8-11-37-12-9-22;1-14(28)26-8-7-20-18(13-26)21(23-25(20)3)27-9-6-16-10-15(4-5-19(16)27)17-11-22-24(2)12-17/h4-6,13-16,18,22H,7-12,17H2,1-3H3;4-5,10-12H,6-9,13H2,1-3H3. The minimum absolute atomic E-state index is 0.102. The highest BCUT2D eigenvalue weighted by Crippen LogP contribution is 2.41. The molecule has 1 fully saturated rings. The fourth-order valence-corrected chi connectivity index (χ4v) is 9.90. The van der Waals surface area contributed by atoms with Crippen LogP contribution in [-0.2, 0) is 60.8 Å². The van der Waals surface area contributed by atoms with E-state index in [-0.39, 0.29) is 17.7 Å². The van der Waals surface area contributed by atoms with Gasteiger partial charge in [-0.25, -0.2) is 9.97 Å². The third kappa shape index (κ3) is 8.06. The number of anilines is 2. The molecule has 0 bridgehead atoms. The van der Waals surface area contributed by atoms with Crippen molar-refractivity contribution in [3.05, 3.63) is 107 Å². The van der Waals surface area contributed by atoms with Crippen molar-refractivity contribution >= 4 is 34.1 Å². The smallest absolute Gasteiger partial charge is 0.219 e. The summed E-state index contributed by atoms with van der Waals surface area (Å²) in [4.78, 5) is 44.1. The third-order valence-corrected chi connectivity index (χ3v) is 13.5. The van der Waals surface area contributed by atoms with Crippen molar-refractivity contribution in [2.45, 2.75) is 84.8 Å². The number of ether oxygens (including phenoxy) is 1. The highest BCUT2D eigenvalue weighted by Gasteiger charge is 2.33. The number of hydrogen-bond acceptors (Lipinski definition) is 10. The molecule has 15 nitrogen and oxygen atoms in total. The molecule has 0 spiro atoms. The summed E-state index contributed by atoms with van der Waals surface area (Å²) >= 11 is 0. The average Bonchev–Trinajstić information content (AvgIpc) is 4.12. The first-order valence-corrected chi connectivity index (χ1v) is 22.9. The maximum Gasteiger partial charge on any atom is 0.219 e. The number of rotatable bonds is 6. The molecule has 0 aliphatic carbocycles. The molecule has 11 rings (SSSR count). The van der Waals surface area contributed by atoms with Crippen molar-refractivity contribution < 1.29 is 14.3 Å². The van der Waals surface area contributed by atoms with Gasteiger partial charge in [-0.05, 0) is 54.0 Å². The number of aryl methyl sites for hydroxylation is 2. The van der Waals surface area contributed by atoms with Gasteiger partial charge in [0.1, 0.15) is 5.82 Å². The first kappa shape index (κ1) is 42.2. The Hall–Kier alpha value is -6.74. The number of hydrogen-bond donors (Lipinski definition) is 0. The van der Waals surface area contributed by atoms with Gasteiger partial charge in [-0.15, -0.1) is 0 Å². The van der Waals surface area contributed by atoms with Gasteiger partial charge in [0.05, 0.1) is 30.2 Å². The molecule has 15 heteroatoms. The third-order valence-electron chi connectivity index (χ3n) is 13.5. The van der Waals surface area contributed by atoms with Crippen LogP contribution in [0.4, 0.5) is 11.5 Å². The molecule has 1 saturated heterocycles. The van der Waals surface area contributed by atoms with Gasteiger partial charge < -0.3 is 19.4 Å². The minimum Gasteiger partial charge on any atom is -0.381 e. The molecule has 4 aliphatic heterocycles. The second-order valence-electron chi connectivity index (χ2n) is 18.0. The lowest BCUT2D eigenvalue weighted by atomic mass is 9.96. The maximum atomic E-state index is 12.3. The Bertz CT molecular complexity index is 2920. The summed E-state index contributed by atoms with van der Waals surface area (Å²) in [6.45, 7) is 12.6. The lowest BCUT2D eigenvalue weighted by Gasteiger charge is -2.29. The minimum atomic E-state index is 0.102. The van der Waals surface area contributed by atoms with E-state index in [2.05, 4.69) is 81.0 Å². The van der Waals surface area contributed by atoms with Crippen LogP contribution in [0.25, 0.3) is 44.4 Å². The van der Waals surface area contributed by atoms with Crippen molar-refractivity contribution in [3.8, 4) is 33.6 Å². The Kier molecular flexibility index (Phi) is 11.3. The molecule has 7 aromatic rings. The molecule has 0 saturated carbocycles. The summed E-state index contributed by atoms with van der Waals surface area (Å²) in [5.74, 6) is 2.34. The summed E-state index contributed by atoms with van der Waals surface area (Å²) in [6.07, 6.45) is 14.2. The second-order valence-corrected chi connectivity index (χ2v) is 18.0. The molecule has 0 atom stereocenters. The Morgan fingerprint density at radius 1 is 0.754 bits per heavy atom. The van der Waals surface area contributed by atoms with Gasteiger partial charge in [0.2, 0.25) is 11.8 Å². The molecule has 65 heavy (non-hydrogen) atoms. The molecule has 2 aromatic carbocycles. The normalized spacial score (nSPS) is 16.1. The Morgan fingerprint density at radius 3 is 2.20 bits per heavy atom. The van der Waals surface area contributed by atoms with E-state index in [9.17, 15) is 9.59 Å². The Morgan fingerprint density at radius 2 is 1.49 bits per heavy atom. The zero-order valence-electron chi connectivity index (χ0n) is 38.2. The van der Waals surface area contributed by atoms with E-state index in [1.807, 2.05) is 64.2 Å². The number of amides is 2. The summed E-state index contributed by atoms with van der Waals surface area (Å²) in [5.41, 5.74) is 13.5. The van der Waals surface area contributed by atoms with Crippen molar-refractivity contribution in [1.82, 2.24) is 54.1 Å². The van der Waals surface area contributed by atoms with Gasteiger partial charge in [0.25, 0.3) is 0 Å². The van der Waals surface area contributed by atoms with Crippen LogP contribution >= 0.6 is 0 Å². The molecule has 0 radical (unpaired) electrons. The van der Waals surface area contributed by atoms with E-state index in [0.717, 1.165) is 121 Å². The van der Waals surface area contributed by atoms with Gasteiger partial charge in [-0.2, -0.15) is 15.3 Å². The number of carbonyl (C=O) groups is 2. The predicted octanol–water partition coefficient (Wildman–Crippen LogP) is 7.35. The zero-order chi connectivity index (χ0) is 44.9. The first-order valence-electron chi connectivity index (χ1n) is 22.9. The maximum absolute atomic E-state index is 12.3. The summed E-state index contributed by atoms with van der Waals surface area (Å²) in [5, 5.41) is 16.5. The highest BCUT2D eigenvalue weighted by molar-refractivity contribution is 5.97. The van der Waals surface area contributed by atoms with E-state index < -0.39 is 0 Å². The number of fused-ring (bicyclic) bond motifs is 4. The second kappa shape index (κ2) is 17.3. The van der Waals surface area contributed by atoms with Crippen molar-refractivity contribution in [1.29, 1.82) is 0 Å². The topological polar surface area (TPSA) is 145 Å². The van der Waals surface area contributed by atoms with Crippen LogP contribution in [0.5, 0.6) is 0 Å². The van der Waals surface area contributed by atoms with Crippen LogP contribution < -0.4 is 4.90 Å². The monoisotopic (exact) mass is 872 g/mol. The van der Waals surface area contributed by atoms with Gasteiger partial charge in [0.15, 0.2) is 5.82 Å². The van der Waals surface area contributed by atoms with Crippen molar-refractivity contribution in [2.75, 3.05) is 37.7 Å². The van der Waals surface area contributed by atoms with Crippen LogP contribution in [0.15, 0.2) is 73.4 Å². The number of carbonyl (C=O) groups excluding carboxylic acids is 2. The molecule has 9 heterocycles. The van der Waals surface area contributed by atoms with E-state index >= 15 is 0 Å². The number of pyridine rings is 1. The van der Waals surface area contributed by atoms with E-state index in [1.165, 1.54) is 33.8 Å². The van der Waals surface area contributed by atoms with Gasteiger partial charge in [-0.3, -0.25) is 28.6 Å². The lowest BCUT2D eigenvalue weighted by molar-refractivity contribution is -0.130. The molecular weight excluding hydrogens is 817 g/mol. The van der Waals surface area contributed by atoms with Crippen molar-refractivity contribution in [3.63, 3.8) is 0 Å². The molecule has 2 amide bonds. The van der Waals surface area contributed by atoms with E-state index in [1.54, 1.807) is 13.8 Å². The molecule has 5 aromatic heterocycles. The molecule has 0 N–H and O–H groups in total. The SMILES string of the molecule is CC(=O)N1CCc2c(c(-c3cccc4cc(-c5cnc(C(C)C)nc5)ncc34)nn2C2CCOCC2)C1.CC(=O)N1CCc2c(c(N3CCc4cc(-c5cnn(C)c5)ccc43)nn2C)C1. The number of benzene rings is 2. The van der Waals surface area contributed by atoms with Crippen molar-refractivity contribution in [2.24, 2.45) is 14.1 Å². The lowest BCUT2D eigenvalue weighted by Crippen LogP contribution is -2.35. The predicted molar refractivity (Wildman–Crippen MR) is 249 cm³/mol. The molecular formula is C50H56N12O3. The Labute approximate surface area is 379 Å². The quantitative estimate of drug-likeness (QED) is 0.166. The van der Waals surface area contributed by atoms with Gasteiger partial charge in [-0.1, -0.05) is 38.1 Å². The molecule has 334 valence electrons. The summed E-state index contributed by atoms with van der Waals surface area (Å²) in [6, 6.07) is 15.3. The summed E-state index contributed by atoms with van der Waals surface area (Å²) in [7, 11) is 3.95. The average molecular weight is 873 g/mol. The van der Waals surface area contributed by atoms with Crippen LogP contribution in [-0.4, -0.2) is 98.8 Å². The fraction of sp³-hybridized carbons (Fsp3) is 0.400. The van der Waals surface area contributed by atoms with Gasteiger partial charge in [0, 0.05) is 161 Å². The fourth-order valence-electron chi connectivity index (χ4n) is 9.90. The number of nitrogens with zero attached hydrogens (tertiary/aromatic N) is 12. The molecule has 0 unspecified atom stereocenters. The van der Waals surface area contributed by atoms with Gasteiger partial charge >= 0.3 is 0 Å². The Balaban J connectivity index is 0.000000159. The van der Waals surface area contributed by atoms with Crippen LogP contribution in [0.3, 0.4) is 0 Å². The molecule has 4 aliphatic rings. The van der Waals surface area contributed by atoms with Crippen LogP contribution in [0, 0.1) is 0 Å². The largest absolute Gasteiger partial charge is 0.381 e. The number of aromatic nitrogens is 9. The zero-order valence-corrected chi connectivity index (χ0v) is 38.2. The van der Waals surface area contributed by atoms with E-state index in [4.69, 9.17) is 19.9 Å².